The molecule has 1 unspecified atom stereocenters. The zero-order valence-electron chi connectivity index (χ0n) is 15.4. The van der Waals surface area contributed by atoms with Crippen molar-refractivity contribution in [2.45, 2.75) is 38.8 Å². The van der Waals surface area contributed by atoms with Gasteiger partial charge in [-0.15, -0.1) is 12.4 Å². The number of hydrogen-bond acceptors (Lipinski definition) is 5. The zero-order valence-corrected chi connectivity index (χ0v) is 16.2. The highest BCUT2D eigenvalue weighted by molar-refractivity contribution is 5.97. The fraction of sp³-hybridized carbons (Fsp3) is 0.500. The second-order valence-electron chi connectivity index (χ2n) is 6.94. The molecule has 9 heteroatoms. The number of amides is 2. The number of hydrogen-bond donors (Lipinski definition) is 3. The summed E-state index contributed by atoms with van der Waals surface area (Å²) < 4.78 is 4.99. The van der Waals surface area contributed by atoms with Crippen LogP contribution in [0, 0.1) is 5.92 Å². The SMILES string of the molecule is CC(NC(=O)c1ccc2[nH]c(=O)oc2c1)C1CCN(C(=O)[C@H](C)N)CC1.Cl. The fourth-order valence-electron chi connectivity index (χ4n) is 3.40. The maximum Gasteiger partial charge on any atom is 0.417 e. The van der Waals surface area contributed by atoms with Gasteiger partial charge in [0, 0.05) is 24.7 Å². The molecule has 0 bridgehead atoms. The Morgan fingerprint density at radius 1 is 1.30 bits per heavy atom. The van der Waals surface area contributed by atoms with Crippen LogP contribution in [-0.2, 0) is 4.79 Å². The van der Waals surface area contributed by atoms with Gasteiger partial charge in [-0.3, -0.25) is 14.6 Å². The summed E-state index contributed by atoms with van der Waals surface area (Å²) in [5.41, 5.74) is 7.02. The minimum Gasteiger partial charge on any atom is -0.408 e. The second kappa shape index (κ2) is 8.58. The third kappa shape index (κ3) is 4.70. The maximum atomic E-state index is 12.5. The van der Waals surface area contributed by atoms with Crippen LogP contribution in [-0.4, -0.2) is 46.9 Å². The number of fused-ring (bicyclic) bond motifs is 1. The molecule has 1 aromatic heterocycles. The molecule has 0 spiro atoms. The number of halogens is 1. The molecule has 148 valence electrons. The van der Waals surface area contributed by atoms with E-state index in [1.165, 1.54) is 0 Å². The molecule has 4 N–H and O–H groups in total. The Morgan fingerprint density at radius 2 is 1.96 bits per heavy atom. The van der Waals surface area contributed by atoms with Crippen molar-refractivity contribution in [2.24, 2.45) is 11.7 Å². The molecule has 2 aromatic rings. The van der Waals surface area contributed by atoms with E-state index in [-0.39, 0.29) is 30.3 Å². The summed E-state index contributed by atoms with van der Waals surface area (Å²) in [5.74, 6) is -0.484. The first-order valence-electron chi connectivity index (χ1n) is 8.83. The van der Waals surface area contributed by atoms with Crippen molar-refractivity contribution in [1.29, 1.82) is 0 Å². The molecule has 3 rings (SSSR count). The average molecular weight is 397 g/mol. The van der Waals surface area contributed by atoms with Crippen molar-refractivity contribution in [3.05, 3.63) is 34.3 Å². The molecule has 1 fully saturated rings. The van der Waals surface area contributed by atoms with Crippen molar-refractivity contribution in [3.63, 3.8) is 0 Å². The van der Waals surface area contributed by atoms with Gasteiger partial charge in [0.1, 0.15) is 0 Å². The third-order valence-corrected chi connectivity index (χ3v) is 4.99. The first-order chi connectivity index (χ1) is 12.3. The smallest absolute Gasteiger partial charge is 0.408 e. The summed E-state index contributed by atoms with van der Waals surface area (Å²) in [4.78, 5) is 40.0. The fourth-order valence-corrected chi connectivity index (χ4v) is 3.40. The molecule has 2 amide bonds. The van der Waals surface area contributed by atoms with Gasteiger partial charge >= 0.3 is 5.76 Å². The number of carbonyl (C=O) groups excluding carboxylic acids is 2. The molecule has 1 aliphatic heterocycles. The lowest BCUT2D eigenvalue weighted by Gasteiger charge is -2.35. The van der Waals surface area contributed by atoms with E-state index in [9.17, 15) is 14.4 Å². The number of nitrogens with one attached hydrogen (secondary N) is 2. The van der Waals surface area contributed by atoms with Gasteiger partial charge in [0.25, 0.3) is 5.91 Å². The van der Waals surface area contributed by atoms with Crippen LogP contribution in [0.15, 0.2) is 27.4 Å². The Labute approximate surface area is 162 Å². The summed E-state index contributed by atoms with van der Waals surface area (Å²) >= 11 is 0. The molecule has 1 aromatic carbocycles. The van der Waals surface area contributed by atoms with Crippen LogP contribution in [0.2, 0.25) is 0 Å². The van der Waals surface area contributed by atoms with Gasteiger partial charge in [0.05, 0.1) is 11.6 Å². The average Bonchev–Trinajstić information content (AvgIpc) is 3.00. The molecule has 0 saturated carbocycles. The van der Waals surface area contributed by atoms with Crippen LogP contribution >= 0.6 is 12.4 Å². The molecule has 0 radical (unpaired) electrons. The molecule has 2 atom stereocenters. The Balaban J connectivity index is 0.00000261. The van der Waals surface area contributed by atoms with Crippen molar-refractivity contribution < 1.29 is 14.0 Å². The number of aromatic amines is 1. The molecule has 8 nitrogen and oxygen atoms in total. The first-order valence-corrected chi connectivity index (χ1v) is 8.83. The van der Waals surface area contributed by atoms with Crippen LogP contribution in [0.4, 0.5) is 0 Å². The number of piperidine rings is 1. The molecular weight excluding hydrogens is 372 g/mol. The van der Waals surface area contributed by atoms with E-state index in [0.717, 1.165) is 12.8 Å². The molecule has 27 heavy (non-hydrogen) atoms. The van der Waals surface area contributed by atoms with E-state index in [0.29, 0.717) is 35.7 Å². The highest BCUT2D eigenvalue weighted by atomic mass is 35.5. The van der Waals surface area contributed by atoms with E-state index >= 15 is 0 Å². The minimum atomic E-state index is -0.543. The van der Waals surface area contributed by atoms with Crippen LogP contribution in [0.5, 0.6) is 0 Å². The number of H-pyrrole nitrogens is 1. The molecule has 1 saturated heterocycles. The Hall–Kier alpha value is -2.32. The highest BCUT2D eigenvalue weighted by Gasteiger charge is 2.28. The zero-order chi connectivity index (χ0) is 18.8. The molecular formula is C18H25ClN4O4. The van der Waals surface area contributed by atoms with Gasteiger partial charge in [0.2, 0.25) is 5.91 Å². The topological polar surface area (TPSA) is 121 Å². The third-order valence-electron chi connectivity index (χ3n) is 4.99. The lowest BCUT2D eigenvalue weighted by Crippen LogP contribution is -2.49. The Kier molecular flexibility index (Phi) is 6.67. The number of nitrogens with zero attached hydrogens (tertiary/aromatic N) is 1. The number of oxazole rings is 1. The van der Waals surface area contributed by atoms with E-state index in [4.69, 9.17) is 10.2 Å². The van der Waals surface area contributed by atoms with Gasteiger partial charge in [0.15, 0.2) is 5.58 Å². The van der Waals surface area contributed by atoms with Gasteiger partial charge < -0.3 is 20.4 Å². The van der Waals surface area contributed by atoms with Crippen molar-refractivity contribution >= 4 is 35.3 Å². The number of likely N-dealkylation sites (tertiary alicyclic amines) is 1. The number of rotatable bonds is 4. The van der Waals surface area contributed by atoms with Crippen LogP contribution in [0.1, 0.15) is 37.0 Å². The quantitative estimate of drug-likeness (QED) is 0.717. The van der Waals surface area contributed by atoms with Gasteiger partial charge in [-0.1, -0.05) is 0 Å². The van der Waals surface area contributed by atoms with E-state index in [1.807, 2.05) is 6.92 Å². The standard InChI is InChI=1S/C18H24N4O4.ClH/c1-10(19)17(24)22-7-5-12(6-8-22)11(2)20-16(23)13-3-4-14-15(9-13)26-18(25)21-14;/h3-4,9-12H,5-8,19H2,1-2H3,(H,20,23)(H,21,25);1H/t10-,11?;/m0./s1. The van der Waals surface area contributed by atoms with Gasteiger partial charge in [-0.2, -0.15) is 0 Å². The van der Waals surface area contributed by atoms with Crippen LogP contribution in [0.3, 0.4) is 0 Å². The largest absolute Gasteiger partial charge is 0.417 e. The number of benzene rings is 1. The van der Waals surface area contributed by atoms with E-state index < -0.39 is 11.8 Å². The van der Waals surface area contributed by atoms with Crippen molar-refractivity contribution in [1.82, 2.24) is 15.2 Å². The summed E-state index contributed by atoms with van der Waals surface area (Å²) in [7, 11) is 0. The number of carbonyl (C=O) groups is 2. The van der Waals surface area contributed by atoms with Gasteiger partial charge in [-0.05, 0) is 50.8 Å². The highest BCUT2D eigenvalue weighted by Crippen LogP contribution is 2.21. The minimum absolute atomic E-state index is 0. The lowest BCUT2D eigenvalue weighted by molar-refractivity contribution is -0.133. The summed E-state index contributed by atoms with van der Waals surface area (Å²) in [5, 5.41) is 3.01. The predicted octanol–water partition coefficient (Wildman–Crippen LogP) is 1.25. The molecule has 1 aliphatic rings. The summed E-state index contributed by atoms with van der Waals surface area (Å²) in [6, 6.07) is 4.35. The van der Waals surface area contributed by atoms with Crippen molar-refractivity contribution in [3.8, 4) is 0 Å². The summed E-state index contributed by atoms with van der Waals surface area (Å²) in [6.07, 6.45) is 1.65. The number of aromatic nitrogens is 1. The maximum absolute atomic E-state index is 12.5. The van der Waals surface area contributed by atoms with Crippen LogP contribution < -0.4 is 16.8 Å². The number of nitrogens with two attached hydrogens (primary N) is 1. The predicted molar refractivity (Wildman–Crippen MR) is 104 cm³/mol. The first kappa shape index (κ1) is 21.0. The molecule has 0 aliphatic carbocycles. The lowest BCUT2D eigenvalue weighted by atomic mass is 9.90. The van der Waals surface area contributed by atoms with E-state index in [1.54, 1.807) is 30.0 Å². The Morgan fingerprint density at radius 3 is 2.59 bits per heavy atom. The normalized spacial score (nSPS) is 17.2. The summed E-state index contributed by atoms with van der Waals surface area (Å²) in [6.45, 7) is 4.98. The van der Waals surface area contributed by atoms with E-state index in [2.05, 4.69) is 10.3 Å². The van der Waals surface area contributed by atoms with Crippen LogP contribution in [0.25, 0.3) is 11.1 Å². The monoisotopic (exact) mass is 396 g/mol. The van der Waals surface area contributed by atoms with Gasteiger partial charge in [-0.25, -0.2) is 4.79 Å². The van der Waals surface area contributed by atoms with Crippen molar-refractivity contribution in [2.75, 3.05) is 13.1 Å². The Bertz CT molecular complexity index is 868. The molecule has 2 heterocycles. The second-order valence-corrected chi connectivity index (χ2v) is 6.94.